The number of nitrogens with one attached hydrogen (secondary N) is 1. The van der Waals surface area contributed by atoms with Gasteiger partial charge >= 0.3 is 0 Å². The van der Waals surface area contributed by atoms with Gasteiger partial charge in [0.15, 0.2) is 11.3 Å². The van der Waals surface area contributed by atoms with Crippen LogP contribution in [-0.4, -0.2) is 16.0 Å². The highest BCUT2D eigenvalue weighted by molar-refractivity contribution is 5.83. The summed E-state index contributed by atoms with van der Waals surface area (Å²) in [5.41, 5.74) is 4.54. The van der Waals surface area contributed by atoms with Gasteiger partial charge in [-0.1, -0.05) is 60.2 Å². The molecular weight excluding hydrogens is 478 g/mol. The molecule has 0 aliphatic carbocycles. The van der Waals surface area contributed by atoms with Crippen molar-refractivity contribution in [1.82, 2.24) is 10.3 Å². The summed E-state index contributed by atoms with van der Waals surface area (Å²) in [5.74, 6) is 0.192. The number of rotatable bonds is 7. The van der Waals surface area contributed by atoms with Crippen molar-refractivity contribution in [1.29, 1.82) is 0 Å². The summed E-state index contributed by atoms with van der Waals surface area (Å²) in [7, 11) is 0. The maximum atomic E-state index is 13.3. The molecule has 192 valence electrons. The average molecular weight is 508 g/mol. The van der Waals surface area contributed by atoms with E-state index in [0.29, 0.717) is 21.8 Å². The molecule has 2 N–H and O–H groups in total. The minimum Gasteiger partial charge on any atom is -0.711 e. The van der Waals surface area contributed by atoms with Gasteiger partial charge in [-0.2, -0.15) is 0 Å². The van der Waals surface area contributed by atoms with Crippen molar-refractivity contribution < 1.29 is 19.0 Å². The summed E-state index contributed by atoms with van der Waals surface area (Å²) in [6.45, 7) is 5.68. The van der Waals surface area contributed by atoms with Gasteiger partial charge in [0.25, 0.3) is 6.33 Å². The molecule has 0 saturated heterocycles. The van der Waals surface area contributed by atoms with E-state index in [4.69, 9.17) is 4.42 Å². The van der Waals surface area contributed by atoms with E-state index in [-0.39, 0.29) is 18.4 Å². The monoisotopic (exact) mass is 507 g/mol. The zero-order valence-corrected chi connectivity index (χ0v) is 21.5. The first-order valence-electron chi connectivity index (χ1n) is 12.4. The summed E-state index contributed by atoms with van der Waals surface area (Å²) in [5, 5.41) is 26.4. The minimum atomic E-state index is -1.53. The Bertz CT molecular complexity index is 1590. The van der Waals surface area contributed by atoms with Crippen LogP contribution >= 0.6 is 0 Å². The number of amides is 1. The smallest absolute Gasteiger partial charge is 0.289 e. The molecule has 2 aromatic heterocycles. The molecule has 2 atom stereocenters. The van der Waals surface area contributed by atoms with Gasteiger partial charge in [0.2, 0.25) is 5.91 Å². The molecule has 2 heterocycles. The van der Waals surface area contributed by atoms with E-state index >= 15 is 0 Å². The number of aliphatic hydroxyl groups is 1. The van der Waals surface area contributed by atoms with Crippen molar-refractivity contribution >= 4 is 16.9 Å². The summed E-state index contributed by atoms with van der Waals surface area (Å²) in [4.78, 5) is 17.3. The number of nitrogens with zero attached hydrogens (tertiary/aromatic N) is 2. The molecule has 3 aromatic carbocycles. The summed E-state index contributed by atoms with van der Waals surface area (Å²) >= 11 is 0. The molecule has 5 aromatic rings. The second-order valence-electron chi connectivity index (χ2n) is 9.81. The molecule has 7 nitrogen and oxygen atoms in total. The number of hydrogen-bond donors (Lipinski definition) is 2. The lowest BCUT2D eigenvalue weighted by molar-refractivity contribution is -0.609. The van der Waals surface area contributed by atoms with Crippen LogP contribution in [0.2, 0.25) is 0 Å². The first-order chi connectivity index (χ1) is 18.2. The third kappa shape index (κ3) is 5.14. The van der Waals surface area contributed by atoms with E-state index in [1.54, 1.807) is 19.1 Å². The molecule has 0 aliphatic rings. The first kappa shape index (κ1) is 25.2. The molecule has 0 fully saturated rings. The van der Waals surface area contributed by atoms with Crippen molar-refractivity contribution in [2.45, 2.75) is 38.8 Å². The fraction of sp³-hybridized carbons (Fsp3) is 0.194. The van der Waals surface area contributed by atoms with Crippen molar-refractivity contribution in [3.05, 3.63) is 136 Å². The Morgan fingerprint density at radius 3 is 2.58 bits per heavy atom. The molecule has 0 bridgehead atoms. The molecule has 0 radical (unpaired) electrons. The average Bonchev–Trinajstić information content (AvgIpc) is 3.33. The van der Waals surface area contributed by atoms with Gasteiger partial charge in [0.1, 0.15) is 11.3 Å². The Kier molecular flexibility index (Phi) is 6.70. The second-order valence-corrected chi connectivity index (χ2v) is 9.81. The van der Waals surface area contributed by atoms with Gasteiger partial charge in [0.05, 0.1) is 18.7 Å². The number of carbonyl (C=O) groups is 1. The molecular formula is C31H29N3O4. The number of carbonyl (C=O) groups excluding carboxylic acids is 1. The number of benzene rings is 3. The van der Waals surface area contributed by atoms with Crippen LogP contribution in [0, 0.1) is 19.1 Å². The van der Waals surface area contributed by atoms with Crippen LogP contribution in [0.4, 0.5) is 0 Å². The number of aryl methyl sites for hydroxylation is 2. The Hall–Kier alpha value is -4.49. The Morgan fingerprint density at radius 1 is 1.08 bits per heavy atom. The van der Waals surface area contributed by atoms with E-state index in [0.717, 1.165) is 34.0 Å². The number of hydrogen-bond acceptors (Lipinski definition) is 5. The molecule has 0 aliphatic heterocycles. The van der Waals surface area contributed by atoms with E-state index in [9.17, 15) is 15.1 Å². The van der Waals surface area contributed by atoms with Gasteiger partial charge in [-0.15, -0.1) is 0 Å². The van der Waals surface area contributed by atoms with Crippen LogP contribution in [-0.2, 0) is 16.8 Å². The first-order valence-corrected chi connectivity index (χ1v) is 12.4. The van der Waals surface area contributed by atoms with Crippen LogP contribution in [0.15, 0.2) is 95.8 Å². The third-order valence-corrected chi connectivity index (χ3v) is 6.79. The van der Waals surface area contributed by atoms with Crippen LogP contribution in [0.3, 0.4) is 0 Å². The summed E-state index contributed by atoms with van der Waals surface area (Å²) < 4.78 is 6.46. The number of furan rings is 1. The Balaban J connectivity index is 1.38. The lowest BCUT2D eigenvalue weighted by atomic mass is 9.93. The van der Waals surface area contributed by atoms with Crippen LogP contribution in [0.1, 0.15) is 52.2 Å². The molecule has 0 saturated carbocycles. The highest BCUT2D eigenvalue weighted by Crippen LogP contribution is 2.33. The quantitative estimate of drug-likeness (QED) is 0.244. The zero-order valence-electron chi connectivity index (χ0n) is 21.5. The fourth-order valence-electron chi connectivity index (χ4n) is 4.73. The topological polar surface area (TPSA) is 102 Å². The molecule has 5 rings (SSSR count). The molecule has 38 heavy (non-hydrogen) atoms. The van der Waals surface area contributed by atoms with E-state index < -0.39 is 5.60 Å². The zero-order chi connectivity index (χ0) is 26.9. The van der Waals surface area contributed by atoms with Crippen LogP contribution in [0.25, 0.3) is 11.0 Å². The standard InChI is InChI=1S/C31H29N3O4/c1-20-9-11-25(21(2)15-20)30(23-7-5-4-6-8-23)33-29(35)17-22-10-12-26-24(16-22)18-28(38-26)31(3,36)27-13-14-34(37)19-32-27/h4-16,18-19,30,36H,17H2,1-3H3,(H,33,35)/t30-,31?/m0/s1. The summed E-state index contributed by atoms with van der Waals surface area (Å²) in [6.07, 6.45) is 2.55. The van der Waals surface area contributed by atoms with Gasteiger partial charge < -0.3 is 20.0 Å². The summed E-state index contributed by atoms with van der Waals surface area (Å²) in [6, 6.07) is 24.7. The fourth-order valence-corrected chi connectivity index (χ4v) is 4.73. The third-order valence-electron chi connectivity index (χ3n) is 6.79. The molecule has 7 heteroatoms. The molecule has 1 unspecified atom stereocenters. The largest absolute Gasteiger partial charge is 0.711 e. The van der Waals surface area contributed by atoms with E-state index in [1.165, 1.54) is 17.8 Å². The van der Waals surface area contributed by atoms with Gasteiger partial charge in [-0.3, -0.25) is 4.79 Å². The van der Waals surface area contributed by atoms with Crippen molar-refractivity contribution in [3.63, 3.8) is 0 Å². The Labute approximate surface area is 221 Å². The lowest BCUT2D eigenvalue weighted by Crippen LogP contribution is -2.31. The SMILES string of the molecule is Cc1ccc([C@@H](NC(=O)Cc2ccc3oc(C(C)(O)c4cc[n+]([O-])cn4)cc3c2)c2ccccc2)c(C)c1. The predicted octanol–water partition coefficient (Wildman–Crippen LogP) is 4.78. The van der Waals surface area contributed by atoms with Crippen LogP contribution in [0.5, 0.6) is 0 Å². The minimum absolute atomic E-state index is 0.103. The van der Waals surface area contributed by atoms with Gasteiger partial charge in [0, 0.05) is 11.5 Å². The highest BCUT2D eigenvalue weighted by atomic mass is 16.5. The van der Waals surface area contributed by atoms with Crippen molar-refractivity contribution in [2.24, 2.45) is 0 Å². The van der Waals surface area contributed by atoms with Gasteiger partial charge in [-0.25, -0.2) is 4.73 Å². The van der Waals surface area contributed by atoms with Crippen LogP contribution < -0.4 is 10.0 Å². The molecule has 1 amide bonds. The van der Waals surface area contributed by atoms with Crippen molar-refractivity contribution in [3.8, 4) is 0 Å². The highest BCUT2D eigenvalue weighted by Gasteiger charge is 2.35. The van der Waals surface area contributed by atoms with E-state index in [2.05, 4.69) is 42.3 Å². The number of aromatic nitrogens is 2. The predicted molar refractivity (Wildman–Crippen MR) is 144 cm³/mol. The normalized spacial score (nSPS) is 13.7. The Morgan fingerprint density at radius 2 is 1.87 bits per heavy atom. The lowest BCUT2D eigenvalue weighted by Gasteiger charge is -2.22. The van der Waals surface area contributed by atoms with Gasteiger partial charge in [-0.05, 0) is 66.2 Å². The van der Waals surface area contributed by atoms with Crippen molar-refractivity contribution in [2.75, 3.05) is 0 Å². The molecule has 0 spiro atoms. The second kappa shape index (κ2) is 10.1. The maximum absolute atomic E-state index is 13.3. The maximum Gasteiger partial charge on any atom is 0.289 e. The van der Waals surface area contributed by atoms with E-state index in [1.807, 2.05) is 42.5 Å². The number of fused-ring (bicyclic) bond motifs is 1.